The Balaban J connectivity index is 2.02. The monoisotopic (exact) mass is 269 g/mol. The van der Waals surface area contributed by atoms with E-state index in [1.54, 1.807) is 0 Å². The van der Waals surface area contributed by atoms with E-state index in [-0.39, 0.29) is 0 Å². The molecule has 0 aliphatic rings. The number of pyridine rings is 1. The fraction of sp³-hybridized carbons (Fsp3) is 0.0500. The van der Waals surface area contributed by atoms with Crippen LogP contribution in [0.3, 0.4) is 0 Å². The molecule has 0 atom stereocenters. The zero-order valence-corrected chi connectivity index (χ0v) is 11.7. The van der Waals surface area contributed by atoms with E-state index in [0.29, 0.717) is 0 Å². The second kappa shape index (κ2) is 5.02. The second-order valence-corrected chi connectivity index (χ2v) is 5.33. The zero-order chi connectivity index (χ0) is 14.1. The molecular weight excluding hydrogens is 254 g/mol. The average Bonchev–Trinajstić information content (AvgIpc) is 2.55. The van der Waals surface area contributed by atoms with Gasteiger partial charge in [-0.1, -0.05) is 48.5 Å². The van der Waals surface area contributed by atoms with Crippen LogP contribution in [0.1, 0.15) is 11.1 Å². The molecule has 0 aliphatic heterocycles. The van der Waals surface area contributed by atoms with Gasteiger partial charge in [-0.3, -0.25) is 4.98 Å². The Morgan fingerprint density at radius 1 is 0.667 bits per heavy atom. The number of benzene rings is 3. The summed E-state index contributed by atoms with van der Waals surface area (Å²) in [6.07, 6.45) is 4.66. The van der Waals surface area contributed by atoms with Crippen LogP contribution >= 0.6 is 0 Å². The Labute approximate surface area is 123 Å². The van der Waals surface area contributed by atoms with E-state index < -0.39 is 0 Å². The predicted octanol–water partition coefficient (Wildman–Crippen LogP) is 4.98. The number of hydrogen-bond donors (Lipinski definition) is 0. The Morgan fingerprint density at radius 2 is 1.24 bits per heavy atom. The van der Waals surface area contributed by atoms with Gasteiger partial charge in [0.25, 0.3) is 0 Å². The van der Waals surface area contributed by atoms with Gasteiger partial charge in [0.05, 0.1) is 0 Å². The van der Waals surface area contributed by atoms with Gasteiger partial charge in [-0.05, 0) is 57.3 Å². The van der Waals surface area contributed by atoms with Gasteiger partial charge in [0.15, 0.2) is 0 Å². The lowest BCUT2D eigenvalue weighted by atomic mass is 9.93. The molecule has 4 aromatic rings. The molecule has 0 saturated carbocycles. The Morgan fingerprint density at radius 3 is 1.86 bits per heavy atom. The van der Waals surface area contributed by atoms with E-state index in [1.165, 1.54) is 32.7 Å². The van der Waals surface area contributed by atoms with Crippen molar-refractivity contribution in [2.24, 2.45) is 0 Å². The minimum absolute atomic E-state index is 0.935. The highest BCUT2D eigenvalue weighted by Crippen LogP contribution is 2.30. The Hall–Kier alpha value is -2.67. The van der Waals surface area contributed by atoms with Crippen LogP contribution in [-0.4, -0.2) is 4.98 Å². The first-order chi connectivity index (χ1) is 10.4. The number of aromatic nitrogens is 1. The fourth-order valence-electron chi connectivity index (χ4n) is 3.00. The number of rotatable bonds is 2. The van der Waals surface area contributed by atoms with E-state index in [4.69, 9.17) is 0 Å². The maximum Gasteiger partial charge on any atom is 0.0270 e. The standard InChI is InChI=1S/C20H15N/c1-3-7-18-16(5-1)14-17-6-2-4-8-19(17)20(18)13-15-9-11-21-12-10-15/h1-12,14H,13H2. The summed E-state index contributed by atoms with van der Waals surface area (Å²) < 4.78 is 0. The molecule has 0 amide bonds. The highest BCUT2D eigenvalue weighted by atomic mass is 14.6. The lowest BCUT2D eigenvalue weighted by Gasteiger charge is -2.11. The molecule has 21 heavy (non-hydrogen) atoms. The van der Waals surface area contributed by atoms with Gasteiger partial charge < -0.3 is 0 Å². The topological polar surface area (TPSA) is 12.9 Å². The molecule has 0 unspecified atom stereocenters. The summed E-state index contributed by atoms with van der Waals surface area (Å²) in [6.45, 7) is 0. The Kier molecular flexibility index (Phi) is 2.89. The van der Waals surface area contributed by atoms with Crippen molar-refractivity contribution >= 4 is 21.5 Å². The average molecular weight is 269 g/mol. The second-order valence-electron chi connectivity index (χ2n) is 5.33. The van der Waals surface area contributed by atoms with Crippen LogP contribution in [0.15, 0.2) is 79.1 Å². The lowest BCUT2D eigenvalue weighted by Crippen LogP contribution is -1.92. The smallest absolute Gasteiger partial charge is 0.0270 e. The molecule has 4 rings (SSSR count). The molecule has 0 bridgehead atoms. The van der Waals surface area contributed by atoms with Crippen LogP contribution in [-0.2, 0) is 6.42 Å². The molecule has 0 spiro atoms. The first-order valence-corrected chi connectivity index (χ1v) is 7.20. The molecule has 100 valence electrons. The molecule has 0 aliphatic carbocycles. The van der Waals surface area contributed by atoms with Gasteiger partial charge in [-0.25, -0.2) is 0 Å². The van der Waals surface area contributed by atoms with Crippen molar-refractivity contribution in [2.75, 3.05) is 0 Å². The van der Waals surface area contributed by atoms with Crippen LogP contribution in [0.4, 0.5) is 0 Å². The van der Waals surface area contributed by atoms with Crippen molar-refractivity contribution in [2.45, 2.75) is 6.42 Å². The van der Waals surface area contributed by atoms with Crippen molar-refractivity contribution in [1.29, 1.82) is 0 Å². The quantitative estimate of drug-likeness (QED) is 0.468. The molecule has 0 saturated heterocycles. The minimum atomic E-state index is 0.935. The molecule has 0 fully saturated rings. The predicted molar refractivity (Wildman–Crippen MR) is 88.5 cm³/mol. The van der Waals surface area contributed by atoms with Gasteiger partial charge in [0.1, 0.15) is 0 Å². The molecule has 1 aromatic heterocycles. The summed E-state index contributed by atoms with van der Waals surface area (Å²) in [6, 6.07) is 23.7. The molecular formula is C20H15N. The molecule has 1 heteroatoms. The van der Waals surface area contributed by atoms with E-state index in [0.717, 1.165) is 6.42 Å². The summed E-state index contributed by atoms with van der Waals surface area (Å²) >= 11 is 0. The summed E-state index contributed by atoms with van der Waals surface area (Å²) in [5.41, 5.74) is 2.70. The van der Waals surface area contributed by atoms with Gasteiger partial charge in [-0.2, -0.15) is 0 Å². The normalized spacial score (nSPS) is 11.0. The number of fused-ring (bicyclic) bond motifs is 2. The van der Waals surface area contributed by atoms with Crippen molar-refractivity contribution in [1.82, 2.24) is 4.98 Å². The van der Waals surface area contributed by atoms with E-state index in [9.17, 15) is 0 Å². The lowest BCUT2D eigenvalue weighted by molar-refractivity contribution is 1.19. The number of hydrogen-bond acceptors (Lipinski definition) is 1. The largest absolute Gasteiger partial charge is 0.265 e. The first kappa shape index (κ1) is 12.1. The molecule has 1 heterocycles. The van der Waals surface area contributed by atoms with E-state index in [1.807, 2.05) is 12.4 Å². The highest BCUT2D eigenvalue weighted by molar-refractivity contribution is 6.02. The maximum atomic E-state index is 4.11. The summed E-state index contributed by atoms with van der Waals surface area (Å²) in [7, 11) is 0. The molecule has 1 nitrogen and oxygen atoms in total. The number of nitrogens with zero attached hydrogens (tertiary/aromatic N) is 1. The van der Waals surface area contributed by atoms with E-state index in [2.05, 4.69) is 71.7 Å². The van der Waals surface area contributed by atoms with Crippen LogP contribution < -0.4 is 0 Å². The van der Waals surface area contributed by atoms with Gasteiger partial charge >= 0.3 is 0 Å². The van der Waals surface area contributed by atoms with Crippen LogP contribution in [0.25, 0.3) is 21.5 Å². The molecule has 3 aromatic carbocycles. The van der Waals surface area contributed by atoms with Crippen molar-refractivity contribution < 1.29 is 0 Å². The summed E-state index contributed by atoms with van der Waals surface area (Å²) in [5.74, 6) is 0. The SMILES string of the molecule is c1ccc2c(Cc3ccncc3)c3ccccc3cc2c1. The van der Waals surface area contributed by atoms with Gasteiger partial charge in [-0.15, -0.1) is 0 Å². The molecule has 0 N–H and O–H groups in total. The third-order valence-corrected chi connectivity index (χ3v) is 4.01. The summed E-state index contributed by atoms with van der Waals surface area (Å²) in [5, 5.41) is 5.29. The highest BCUT2D eigenvalue weighted by Gasteiger charge is 2.07. The van der Waals surface area contributed by atoms with Crippen molar-refractivity contribution in [3.63, 3.8) is 0 Å². The third-order valence-electron chi connectivity index (χ3n) is 4.01. The van der Waals surface area contributed by atoms with Crippen LogP contribution in [0, 0.1) is 0 Å². The maximum absolute atomic E-state index is 4.11. The fourth-order valence-corrected chi connectivity index (χ4v) is 3.00. The third kappa shape index (κ3) is 2.17. The summed E-state index contributed by atoms with van der Waals surface area (Å²) in [4.78, 5) is 4.11. The molecule has 0 radical (unpaired) electrons. The minimum Gasteiger partial charge on any atom is -0.265 e. The first-order valence-electron chi connectivity index (χ1n) is 7.20. The van der Waals surface area contributed by atoms with Crippen molar-refractivity contribution in [3.05, 3.63) is 90.3 Å². The van der Waals surface area contributed by atoms with Crippen molar-refractivity contribution in [3.8, 4) is 0 Å². The van der Waals surface area contributed by atoms with E-state index >= 15 is 0 Å². The van der Waals surface area contributed by atoms with Crippen LogP contribution in [0.5, 0.6) is 0 Å². The Bertz CT molecular complexity index is 856. The zero-order valence-electron chi connectivity index (χ0n) is 11.7. The van der Waals surface area contributed by atoms with Gasteiger partial charge in [0, 0.05) is 12.4 Å². The van der Waals surface area contributed by atoms with Gasteiger partial charge in [0.2, 0.25) is 0 Å². The van der Waals surface area contributed by atoms with Crippen LogP contribution in [0.2, 0.25) is 0 Å².